The molecule has 1 fully saturated rings. The molecule has 0 unspecified atom stereocenters. The van der Waals surface area contributed by atoms with E-state index in [4.69, 9.17) is 16.9 Å². The van der Waals surface area contributed by atoms with E-state index >= 15 is 0 Å². The molecule has 1 aliphatic rings. The lowest BCUT2D eigenvalue weighted by atomic mass is 10.2. The Kier molecular flexibility index (Phi) is 5.35. The number of aliphatic hydroxyl groups is 1. The molecule has 1 saturated heterocycles. The normalized spacial score (nSPS) is 21.3. The summed E-state index contributed by atoms with van der Waals surface area (Å²) in [4.78, 5) is 11.8. The first-order chi connectivity index (χ1) is 11.2. The Bertz CT molecular complexity index is 792. The lowest BCUT2D eigenvalue weighted by molar-refractivity contribution is -0.146. The van der Waals surface area contributed by atoms with Gasteiger partial charge in [-0.15, -0.1) is 0 Å². The van der Waals surface area contributed by atoms with E-state index in [0.717, 1.165) is 15.7 Å². The molecular weight excluding hydrogens is 358 g/mol. The number of esters is 1. The predicted molar refractivity (Wildman–Crippen MR) is 86.6 cm³/mol. The summed E-state index contributed by atoms with van der Waals surface area (Å²) in [5, 5.41) is 18.9. The minimum absolute atomic E-state index is 0.0163. The second-order valence-corrected chi connectivity index (χ2v) is 7.51. The van der Waals surface area contributed by atoms with Crippen LogP contribution in [0.3, 0.4) is 0 Å². The fourth-order valence-electron chi connectivity index (χ4n) is 2.48. The molecule has 0 saturated carbocycles. The van der Waals surface area contributed by atoms with Crippen LogP contribution in [0.25, 0.3) is 0 Å². The number of halogens is 1. The minimum Gasteiger partial charge on any atom is -0.468 e. The number of carbonyl (C=O) groups is 1. The van der Waals surface area contributed by atoms with Gasteiger partial charge in [-0.05, 0) is 24.6 Å². The van der Waals surface area contributed by atoms with Crippen molar-refractivity contribution in [3.63, 3.8) is 0 Å². The van der Waals surface area contributed by atoms with Gasteiger partial charge in [0.1, 0.15) is 12.1 Å². The highest BCUT2D eigenvalue weighted by molar-refractivity contribution is 7.90. The third kappa shape index (κ3) is 3.18. The molecule has 1 heterocycles. The van der Waals surface area contributed by atoms with Gasteiger partial charge in [0, 0.05) is 13.6 Å². The first-order valence-corrected chi connectivity index (χ1v) is 8.72. The summed E-state index contributed by atoms with van der Waals surface area (Å²) >= 11 is 5.94. The first-order valence-electron chi connectivity index (χ1n) is 6.95. The zero-order valence-corrected chi connectivity index (χ0v) is 14.6. The monoisotopic (exact) mass is 373 g/mol. The van der Waals surface area contributed by atoms with Crippen LogP contribution in [0.15, 0.2) is 18.2 Å². The largest absolute Gasteiger partial charge is 0.468 e. The number of hydrogen-bond acceptors (Lipinski definition) is 6. The summed E-state index contributed by atoms with van der Waals surface area (Å²) in [6, 6.07) is 4.77. The van der Waals surface area contributed by atoms with Crippen LogP contribution < -0.4 is 4.31 Å². The molecular formula is C14H16ClN3O5S. The van der Waals surface area contributed by atoms with E-state index in [1.165, 1.54) is 25.2 Å². The Morgan fingerprint density at radius 1 is 1.54 bits per heavy atom. The van der Waals surface area contributed by atoms with Crippen LogP contribution in [0.1, 0.15) is 12.0 Å². The molecule has 24 heavy (non-hydrogen) atoms. The number of methoxy groups -OCH3 is 1. The molecule has 0 radical (unpaired) electrons. The van der Waals surface area contributed by atoms with Gasteiger partial charge in [-0.25, -0.2) is 0 Å². The number of nitrogens with zero attached hydrogens (tertiary/aromatic N) is 3. The van der Waals surface area contributed by atoms with E-state index in [1.54, 1.807) is 0 Å². The molecule has 1 N–H and O–H groups in total. The van der Waals surface area contributed by atoms with Crippen LogP contribution in [0.4, 0.5) is 5.69 Å². The highest BCUT2D eigenvalue weighted by atomic mass is 35.5. The zero-order chi connectivity index (χ0) is 18.1. The van der Waals surface area contributed by atoms with E-state index in [0.29, 0.717) is 0 Å². The zero-order valence-electron chi connectivity index (χ0n) is 13.0. The fourth-order valence-corrected chi connectivity index (χ4v) is 4.25. The summed E-state index contributed by atoms with van der Waals surface area (Å²) < 4.78 is 32.0. The van der Waals surface area contributed by atoms with Crippen LogP contribution in [0.2, 0.25) is 5.02 Å². The van der Waals surface area contributed by atoms with Crippen molar-refractivity contribution in [2.75, 3.05) is 25.0 Å². The molecule has 2 rings (SSSR count). The van der Waals surface area contributed by atoms with E-state index < -0.39 is 28.3 Å². The van der Waals surface area contributed by atoms with Gasteiger partial charge in [-0.3, -0.25) is 9.10 Å². The van der Waals surface area contributed by atoms with Crippen molar-refractivity contribution >= 4 is 33.5 Å². The Hall–Kier alpha value is -1.86. The van der Waals surface area contributed by atoms with Gasteiger partial charge in [-0.1, -0.05) is 11.6 Å². The maximum Gasteiger partial charge on any atom is 0.326 e. The van der Waals surface area contributed by atoms with Gasteiger partial charge in [0.05, 0.1) is 29.5 Å². The van der Waals surface area contributed by atoms with E-state index in [9.17, 15) is 18.3 Å². The number of benzene rings is 1. The van der Waals surface area contributed by atoms with Gasteiger partial charge < -0.3 is 9.84 Å². The van der Waals surface area contributed by atoms with Crippen LogP contribution in [-0.2, 0) is 19.7 Å². The molecule has 10 heteroatoms. The minimum atomic E-state index is -4.10. The summed E-state index contributed by atoms with van der Waals surface area (Å²) in [6.07, 6.45) is -1.01. The summed E-state index contributed by atoms with van der Waals surface area (Å²) in [7, 11) is -1.68. The molecule has 130 valence electrons. The molecule has 0 aliphatic carbocycles. The van der Waals surface area contributed by atoms with E-state index in [1.807, 2.05) is 6.07 Å². The molecule has 0 spiro atoms. The van der Waals surface area contributed by atoms with Crippen molar-refractivity contribution in [1.29, 1.82) is 5.26 Å². The number of hydrogen-bond donors (Lipinski definition) is 1. The van der Waals surface area contributed by atoms with Crippen LogP contribution in [0, 0.1) is 11.3 Å². The molecule has 0 aromatic heterocycles. The molecule has 1 aliphatic heterocycles. The third-order valence-corrected chi connectivity index (χ3v) is 6.06. The topological polar surface area (TPSA) is 111 Å². The number of aliphatic hydroxyl groups excluding tert-OH is 1. The molecule has 0 bridgehead atoms. The highest BCUT2D eigenvalue weighted by Gasteiger charge is 2.46. The summed E-state index contributed by atoms with van der Waals surface area (Å²) in [6.45, 7) is -0.0163. The van der Waals surface area contributed by atoms with Gasteiger partial charge in [0.15, 0.2) is 0 Å². The Morgan fingerprint density at radius 2 is 2.21 bits per heavy atom. The lowest BCUT2D eigenvalue weighted by Gasteiger charge is -2.29. The lowest BCUT2D eigenvalue weighted by Crippen LogP contribution is -2.50. The summed E-state index contributed by atoms with van der Waals surface area (Å²) in [5.41, 5.74) is 0.444. The predicted octanol–water partition coefficient (Wildman–Crippen LogP) is 0.501. The Balaban J connectivity index is 2.37. The quantitative estimate of drug-likeness (QED) is 0.769. The average Bonchev–Trinajstić information content (AvgIpc) is 2.95. The van der Waals surface area contributed by atoms with Crippen molar-refractivity contribution in [3.8, 4) is 6.07 Å². The molecule has 1 aromatic carbocycles. The maximum atomic E-state index is 12.8. The average molecular weight is 374 g/mol. The highest BCUT2D eigenvalue weighted by Crippen LogP contribution is 2.29. The molecule has 1 aromatic rings. The maximum absolute atomic E-state index is 12.8. The van der Waals surface area contributed by atoms with Crippen molar-refractivity contribution < 1.29 is 23.1 Å². The number of rotatable bonds is 4. The van der Waals surface area contributed by atoms with Crippen LogP contribution in [0.5, 0.6) is 0 Å². The van der Waals surface area contributed by atoms with Gasteiger partial charge in [-0.2, -0.15) is 18.0 Å². The van der Waals surface area contributed by atoms with Crippen LogP contribution in [-0.4, -0.2) is 56.6 Å². The standard InChI is InChI=1S/C14H16ClN3O5S/c1-17(10-4-3-9(8-16)11(15)7-10)24(21,22)18-6-5-12(19)13(18)14(20)23-2/h3-4,7,12-13,19H,5-6H2,1-2H3/t12-,13-/m0/s1. The van der Waals surface area contributed by atoms with Crippen molar-refractivity contribution in [2.45, 2.75) is 18.6 Å². The SMILES string of the molecule is COC(=O)[C@@H]1[C@@H](O)CCN1S(=O)(=O)N(C)c1ccc(C#N)c(Cl)c1. The molecule has 0 amide bonds. The van der Waals surface area contributed by atoms with Crippen molar-refractivity contribution in [3.05, 3.63) is 28.8 Å². The third-order valence-electron chi connectivity index (χ3n) is 3.84. The van der Waals surface area contributed by atoms with E-state index in [2.05, 4.69) is 4.74 Å². The number of anilines is 1. The summed E-state index contributed by atoms with van der Waals surface area (Å²) in [5.74, 6) is -0.824. The molecule has 2 atom stereocenters. The Labute approximate surface area is 145 Å². The number of carbonyl (C=O) groups excluding carboxylic acids is 1. The van der Waals surface area contributed by atoms with Crippen molar-refractivity contribution in [2.24, 2.45) is 0 Å². The second kappa shape index (κ2) is 6.94. The van der Waals surface area contributed by atoms with Gasteiger partial charge in [0.2, 0.25) is 0 Å². The number of nitriles is 1. The molecule has 8 nitrogen and oxygen atoms in total. The first kappa shape index (κ1) is 18.5. The second-order valence-electron chi connectivity index (χ2n) is 5.19. The Morgan fingerprint density at radius 3 is 2.75 bits per heavy atom. The smallest absolute Gasteiger partial charge is 0.326 e. The fraction of sp³-hybridized carbons (Fsp3) is 0.429. The van der Waals surface area contributed by atoms with Crippen molar-refractivity contribution in [1.82, 2.24) is 4.31 Å². The van der Waals surface area contributed by atoms with Gasteiger partial charge >= 0.3 is 16.2 Å². The van der Waals surface area contributed by atoms with Gasteiger partial charge in [0.25, 0.3) is 0 Å². The van der Waals surface area contributed by atoms with Crippen LogP contribution >= 0.6 is 11.6 Å². The van der Waals surface area contributed by atoms with E-state index in [-0.39, 0.29) is 29.2 Å². The number of ether oxygens (including phenoxy) is 1.